The molecule has 7 heteroatoms. The molecule has 0 saturated heterocycles. The standard InChI is InChI=1S/C22H18N6O/c1-2-29-19-12-11-14-7-3-4-8-15(14)17(19)13-23-27-22-25-21-20(26-28-22)16-9-5-6-10-18(16)24-21/h3-13H,2H2,1H3,(H2,24,25,27,28)/b23-13+. The Labute approximate surface area is 166 Å². The third-order valence-electron chi connectivity index (χ3n) is 4.71. The number of nitrogens with zero attached hydrogens (tertiary/aromatic N) is 4. The molecule has 5 aromatic rings. The number of benzene rings is 3. The molecule has 0 bridgehead atoms. The molecule has 0 unspecified atom stereocenters. The Morgan fingerprint density at radius 3 is 2.72 bits per heavy atom. The molecule has 0 aliphatic heterocycles. The number of aromatic amines is 1. The van der Waals surface area contributed by atoms with Crippen LogP contribution in [0.4, 0.5) is 5.95 Å². The zero-order valence-electron chi connectivity index (χ0n) is 15.8. The second-order valence-electron chi connectivity index (χ2n) is 6.50. The maximum atomic E-state index is 5.77. The zero-order chi connectivity index (χ0) is 19.6. The van der Waals surface area contributed by atoms with E-state index in [9.17, 15) is 0 Å². The molecule has 29 heavy (non-hydrogen) atoms. The summed E-state index contributed by atoms with van der Waals surface area (Å²) in [4.78, 5) is 7.73. The number of hydrogen-bond donors (Lipinski definition) is 2. The zero-order valence-corrected chi connectivity index (χ0v) is 15.8. The molecule has 5 rings (SSSR count). The Hall–Kier alpha value is -4.00. The number of rotatable bonds is 5. The monoisotopic (exact) mass is 382 g/mol. The third kappa shape index (κ3) is 3.12. The van der Waals surface area contributed by atoms with Crippen molar-refractivity contribution in [2.45, 2.75) is 6.92 Å². The molecule has 2 N–H and O–H groups in total. The van der Waals surface area contributed by atoms with Gasteiger partial charge in [-0.3, -0.25) is 0 Å². The van der Waals surface area contributed by atoms with Crippen LogP contribution in [-0.2, 0) is 0 Å². The normalized spacial score (nSPS) is 11.6. The van der Waals surface area contributed by atoms with Gasteiger partial charge in [0.1, 0.15) is 11.3 Å². The molecular formula is C22H18N6O. The molecule has 142 valence electrons. The van der Waals surface area contributed by atoms with Crippen LogP contribution in [0.25, 0.3) is 32.8 Å². The lowest BCUT2D eigenvalue weighted by atomic mass is 10.0. The molecule has 0 spiro atoms. The van der Waals surface area contributed by atoms with Crippen molar-refractivity contribution in [1.82, 2.24) is 20.2 Å². The summed E-state index contributed by atoms with van der Waals surface area (Å²) >= 11 is 0. The first-order valence-corrected chi connectivity index (χ1v) is 9.38. The number of hydrogen-bond acceptors (Lipinski definition) is 6. The van der Waals surface area contributed by atoms with Crippen LogP contribution < -0.4 is 10.2 Å². The van der Waals surface area contributed by atoms with E-state index in [0.717, 1.165) is 38.5 Å². The van der Waals surface area contributed by atoms with Crippen LogP contribution in [0.15, 0.2) is 65.8 Å². The maximum Gasteiger partial charge on any atom is 0.265 e. The lowest BCUT2D eigenvalue weighted by Crippen LogP contribution is -2.01. The SMILES string of the molecule is CCOc1ccc2ccccc2c1/C=N/Nc1nnc2c(n1)[nH]c1ccccc12. The van der Waals surface area contributed by atoms with Gasteiger partial charge in [-0.25, -0.2) is 5.43 Å². The minimum absolute atomic E-state index is 0.318. The Bertz CT molecular complexity index is 1360. The predicted molar refractivity (Wildman–Crippen MR) is 116 cm³/mol. The Morgan fingerprint density at radius 2 is 1.83 bits per heavy atom. The van der Waals surface area contributed by atoms with Crippen molar-refractivity contribution in [2.75, 3.05) is 12.0 Å². The second kappa shape index (κ2) is 7.20. The van der Waals surface area contributed by atoms with Crippen molar-refractivity contribution in [3.05, 3.63) is 66.2 Å². The van der Waals surface area contributed by atoms with Gasteiger partial charge in [-0.1, -0.05) is 48.5 Å². The first-order valence-electron chi connectivity index (χ1n) is 9.38. The minimum atomic E-state index is 0.318. The summed E-state index contributed by atoms with van der Waals surface area (Å²) in [6.45, 7) is 2.54. The van der Waals surface area contributed by atoms with Crippen molar-refractivity contribution < 1.29 is 4.74 Å². The smallest absolute Gasteiger partial charge is 0.265 e. The highest BCUT2D eigenvalue weighted by atomic mass is 16.5. The lowest BCUT2D eigenvalue weighted by molar-refractivity contribution is 0.340. The van der Waals surface area contributed by atoms with Crippen molar-refractivity contribution in [2.24, 2.45) is 5.10 Å². The topological polar surface area (TPSA) is 88.1 Å². The Morgan fingerprint density at radius 1 is 1.00 bits per heavy atom. The predicted octanol–water partition coefficient (Wildman–Crippen LogP) is 4.50. The minimum Gasteiger partial charge on any atom is -0.493 e. The number of anilines is 1. The summed E-state index contributed by atoms with van der Waals surface area (Å²) in [6, 6.07) is 20.0. The van der Waals surface area contributed by atoms with Gasteiger partial charge in [0.05, 0.1) is 12.8 Å². The molecule has 0 radical (unpaired) electrons. The number of hydrazone groups is 1. The molecular weight excluding hydrogens is 364 g/mol. The Balaban J connectivity index is 1.48. The van der Waals surface area contributed by atoms with Crippen molar-refractivity contribution in [3.8, 4) is 5.75 Å². The Kier molecular flexibility index (Phi) is 4.25. The van der Waals surface area contributed by atoms with E-state index in [-0.39, 0.29) is 0 Å². The van der Waals surface area contributed by atoms with Gasteiger partial charge in [-0.15, -0.1) is 10.2 Å². The van der Waals surface area contributed by atoms with E-state index in [2.05, 4.69) is 36.8 Å². The van der Waals surface area contributed by atoms with Crippen molar-refractivity contribution >= 4 is 45.0 Å². The van der Waals surface area contributed by atoms with Gasteiger partial charge in [0, 0.05) is 16.5 Å². The summed E-state index contributed by atoms with van der Waals surface area (Å²) < 4.78 is 5.77. The van der Waals surface area contributed by atoms with Gasteiger partial charge in [-0.05, 0) is 29.8 Å². The largest absolute Gasteiger partial charge is 0.493 e. The van der Waals surface area contributed by atoms with Gasteiger partial charge >= 0.3 is 0 Å². The average Bonchev–Trinajstić information content (AvgIpc) is 3.13. The number of ether oxygens (including phenoxy) is 1. The van der Waals surface area contributed by atoms with Crippen LogP contribution in [0.1, 0.15) is 12.5 Å². The number of H-pyrrole nitrogens is 1. The molecule has 0 saturated carbocycles. The van der Waals surface area contributed by atoms with E-state index >= 15 is 0 Å². The summed E-state index contributed by atoms with van der Waals surface area (Å²) in [7, 11) is 0. The number of fused-ring (bicyclic) bond motifs is 4. The second-order valence-corrected chi connectivity index (χ2v) is 6.50. The summed E-state index contributed by atoms with van der Waals surface area (Å²) in [5, 5.41) is 15.9. The molecule has 0 fully saturated rings. The summed E-state index contributed by atoms with van der Waals surface area (Å²) in [5.41, 5.74) is 6.15. The summed E-state index contributed by atoms with van der Waals surface area (Å²) in [5.74, 6) is 1.10. The molecule has 3 aromatic carbocycles. The van der Waals surface area contributed by atoms with Crippen LogP contribution in [0.3, 0.4) is 0 Å². The highest BCUT2D eigenvalue weighted by Crippen LogP contribution is 2.27. The van der Waals surface area contributed by atoms with Gasteiger partial charge in [0.25, 0.3) is 5.95 Å². The van der Waals surface area contributed by atoms with Gasteiger partial charge in [0.15, 0.2) is 5.65 Å². The van der Waals surface area contributed by atoms with Crippen LogP contribution in [-0.4, -0.2) is 33.0 Å². The van der Waals surface area contributed by atoms with Crippen LogP contribution >= 0.6 is 0 Å². The van der Waals surface area contributed by atoms with Gasteiger partial charge < -0.3 is 9.72 Å². The molecule has 0 aliphatic carbocycles. The van der Waals surface area contributed by atoms with Crippen LogP contribution in [0.5, 0.6) is 5.75 Å². The molecule has 0 amide bonds. The van der Waals surface area contributed by atoms with Crippen LogP contribution in [0.2, 0.25) is 0 Å². The molecule has 7 nitrogen and oxygen atoms in total. The van der Waals surface area contributed by atoms with E-state index in [1.54, 1.807) is 6.21 Å². The van der Waals surface area contributed by atoms with E-state index < -0.39 is 0 Å². The van der Waals surface area contributed by atoms with Crippen molar-refractivity contribution in [1.29, 1.82) is 0 Å². The van der Waals surface area contributed by atoms with E-state index in [0.29, 0.717) is 18.2 Å². The van der Waals surface area contributed by atoms with Crippen LogP contribution in [0, 0.1) is 0 Å². The first kappa shape index (κ1) is 17.1. The number of para-hydroxylation sites is 1. The molecule has 0 aliphatic rings. The van der Waals surface area contributed by atoms with E-state index in [1.807, 2.05) is 61.5 Å². The van der Waals surface area contributed by atoms with E-state index in [4.69, 9.17) is 4.74 Å². The highest BCUT2D eigenvalue weighted by molar-refractivity contribution is 6.04. The quantitative estimate of drug-likeness (QED) is 0.345. The fourth-order valence-corrected chi connectivity index (χ4v) is 3.41. The molecule has 2 aromatic heterocycles. The third-order valence-corrected chi connectivity index (χ3v) is 4.71. The molecule has 0 atom stereocenters. The summed E-state index contributed by atoms with van der Waals surface area (Å²) in [6.07, 6.45) is 1.73. The van der Waals surface area contributed by atoms with E-state index in [1.165, 1.54) is 0 Å². The average molecular weight is 382 g/mol. The highest BCUT2D eigenvalue weighted by Gasteiger charge is 2.09. The lowest BCUT2D eigenvalue weighted by Gasteiger charge is -2.10. The fraction of sp³-hybridized carbons (Fsp3) is 0.0909. The molecule has 2 heterocycles. The van der Waals surface area contributed by atoms with Gasteiger partial charge in [0.2, 0.25) is 0 Å². The number of aromatic nitrogens is 4. The van der Waals surface area contributed by atoms with Gasteiger partial charge in [-0.2, -0.15) is 10.1 Å². The first-order chi connectivity index (χ1) is 14.3. The fourth-order valence-electron chi connectivity index (χ4n) is 3.41. The number of nitrogens with one attached hydrogen (secondary N) is 2. The maximum absolute atomic E-state index is 5.77. The van der Waals surface area contributed by atoms with Crippen molar-refractivity contribution in [3.63, 3.8) is 0 Å².